The van der Waals surface area contributed by atoms with Gasteiger partial charge in [-0.2, -0.15) is 13.2 Å². The molecule has 0 aromatic rings. The topological polar surface area (TPSA) is 29.3 Å². The second kappa shape index (κ2) is 5.56. The van der Waals surface area contributed by atoms with Gasteiger partial charge in [0.1, 0.15) is 0 Å². The highest BCUT2D eigenvalue weighted by Gasteiger charge is 2.28. The summed E-state index contributed by atoms with van der Waals surface area (Å²) < 4.78 is 35.8. The van der Waals surface area contributed by atoms with Crippen molar-refractivity contribution in [2.24, 2.45) is 11.7 Å². The Kier molecular flexibility index (Phi) is 5.44. The lowest BCUT2D eigenvalue weighted by molar-refractivity contribution is -0.138. The molecule has 0 aromatic carbocycles. The first-order chi connectivity index (χ1) is 6.28. The Morgan fingerprint density at radius 1 is 1.29 bits per heavy atom. The Balaban J connectivity index is 3.99. The molecule has 0 bridgehead atoms. The second-order valence-corrected chi connectivity index (χ2v) is 3.89. The van der Waals surface area contributed by atoms with Crippen molar-refractivity contribution in [1.82, 2.24) is 4.90 Å². The lowest BCUT2D eigenvalue weighted by atomic mass is 10.0. The van der Waals surface area contributed by atoms with Crippen molar-refractivity contribution in [2.75, 3.05) is 20.1 Å². The van der Waals surface area contributed by atoms with E-state index in [0.717, 1.165) is 0 Å². The molecule has 0 aliphatic carbocycles. The van der Waals surface area contributed by atoms with Gasteiger partial charge in [-0.05, 0) is 13.0 Å². The van der Waals surface area contributed by atoms with Gasteiger partial charge in [-0.1, -0.05) is 13.8 Å². The number of hydrogen-bond donors (Lipinski definition) is 1. The molecule has 14 heavy (non-hydrogen) atoms. The molecule has 0 spiro atoms. The smallest absolute Gasteiger partial charge is 0.329 e. The summed E-state index contributed by atoms with van der Waals surface area (Å²) in [5, 5.41) is 0. The van der Waals surface area contributed by atoms with Gasteiger partial charge in [0.25, 0.3) is 0 Å². The zero-order chi connectivity index (χ0) is 11.4. The van der Waals surface area contributed by atoms with E-state index < -0.39 is 12.6 Å². The number of likely N-dealkylation sites (N-methyl/N-ethyl adjacent to an activating group) is 1. The van der Waals surface area contributed by atoms with Crippen LogP contribution in [-0.4, -0.2) is 37.3 Å². The number of nitrogens with zero attached hydrogens (tertiary/aromatic N) is 1. The Bertz CT molecular complexity index is 157. The van der Waals surface area contributed by atoms with Crippen LogP contribution in [0.1, 0.15) is 20.3 Å². The molecule has 0 amide bonds. The Morgan fingerprint density at radius 3 is 2.07 bits per heavy atom. The monoisotopic (exact) mass is 212 g/mol. The third-order valence-corrected chi connectivity index (χ3v) is 2.33. The molecule has 5 heteroatoms. The Hall–Kier alpha value is -0.290. The molecular weight excluding hydrogens is 193 g/mol. The molecule has 2 nitrogen and oxygen atoms in total. The van der Waals surface area contributed by atoms with Crippen LogP contribution in [0.25, 0.3) is 0 Å². The fourth-order valence-corrected chi connectivity index (χ4v) is 1.43. The maximum Gasteiger partial charge on any atom is 0.390 e. The molecule has 1 unspecified atom stereocenters. The fourth-order valence-electron chi connectivity index (χ4n) is 1.43. The van der Waals surface area contributed by atoms with Crippen LogP contribution in [0, 0.1) is 5.92 Å². The van der Waals surface area contributed by atoms with E-state index >= 15 is 0 Å². The average Bonchev–Trinajstić information content (AvgIpc) is 2.00. The van der Waals surface area contributed by atoms with Crippen molar-refractivity contribution < 1.29 is 13.2 Å². The fraction of sp³-hybridized carbons (Fsp3) is 1.00. The van der Waals surface area contributed by atoms with Gasteiger partial charge in [0.15, 0.2) is 0 Å². The van der Waals surface area contributed by atoms with Gasteiger partial charge in [0.2, 0.25) is 0 Å². The molecule has 0 heterocycles. The molecule has 1 atom stereocenters. The van der Waals surface area contributed by atoms with E-state index in [2.05, 4.69) is 0 Å². The van der Waals surface area contributed by atoms with Gasteiger partial charge < -0.3 is 10.6 Å². The summed E-state index contributed by atoms with van der Waals surface area (Å²) in [7, 11) is 1.68. The van der Waals surface area contributed by atoms with Crippen LogP contribution in [0.4, 0.5) is 13.2 Å². The highest BCUT2D eigenvalue weighted by molar-refractivity contribution is 4.73. The lowest BCUT2D eigenvalue weighted by Crippen LogP contribution is -2.43. The Labute approximate surface area is 83.3 Å². The largest absolute Gasteiger partial charge is 0.390 e. The van der Waals surface area contributed by atoms with Crippen molar-refractivity contribution in [3.63, 3.8) is 0 Å². The van der Waals surface area contributed by atoms with Crippen molar-refractivity contribution in [3.05, 3.63) is 0 Å². The molecule has 2 N–H and O–H groups in total. The van der Waals surface area contributed by atoms with Gasteiger partial charge in [-0.25, -0.2) is 0 Å². The standard InChI is InChI=1S/C9H19F3N2/c1-7(2)8(6-13)14(3)5-4-9(10,11)12/h7-8H,4-6,13H2,1-3H3. The molecule has 0 aromatic heterocycles. The van der Waals surface area contributed by atoms with Gasteiger partial charge in [-0.15, -0.1) is 0 Å². The zero-order valence-corrected chi connectivity index (χ0v) is 8.93. The molecular formula is C9H19F3N2. The van der Waals surface area contributed by atoms with E-state index in [0.29, 0.717) is 6.54 Å². The van der Waals surface area contributed by atoms with Crippen LogP contribution < -0.4 is 5.73 Å². The number of alkyl halides is 3. The summed E-state index contributed by atoms with van der Waals surface area (Å²) in [5.74, 6) is 0.276. The van der Waals surface area contributed by atoms with Crippen LogP contribution in [0.3, 0.4) is 0 Å². The zero-order valence-electron chi connectivity index (χ0n) is 8.93. The van der Waals surface area contributed by atoms with E-state index in [1.54, 1.807) is 11.9 Å². The SMILES string of the molecule is CC(C)C(CN)N(C)CCC(F)(F)F. The average molecular weight is 212 g/mol. The van der Waals surface area contributed by atoms with Gasteiger partial charge in [-0.3, -0.25) is 0 Å². The summed E-state index contributed by atoms with van der Waals surface area (Å²) in [4.78, 5) is 1.68. The third-order valence-electron chi connectivity index (χ3n) is 2.33. The number of rotatable bonds is 5. The normalized spacial score (nSPS) is 15.2. The first-order valence-corrected chi connectivity index (χ1v) is 4.75. The first-order valence-electron chi connectivity index (χ1n) is 4.75. The van der Waals surface area contributed by atoms with E-state index in [1.165, 1.54) is 0 Å². The van der Waals surface area contributed by atoms with E-state index in [4.69, 9.17) is 5.73 Å². The molecule has 0 aliphatic heterocycles. The van der Waals surface area contributed by atoms with Crippen LogP contribution in [-0.2, 0) is 0 Å². The van der Waals surface area contributed by atoms with Crippen LogP contribution in [0.5, 0.6) is 0 Å². The molecule has 0 radical (unpaired) electrons. The van der Waals surface area contributed by atoms with Crippen LogP contribution in [0.15, 0.2) is 0 Å². The molecule has 0 fully saturated rings. The minimum absolute atomic E-state index is 0.0174. The van der Waals surface area contributed by atoms with Crippen molar-refractivity contribution >= 4 is 0 Å². The number of halogens is 3. The minimum atomic E-state index is -4.08. The molecule has 0 aliphatic rings. The molecule has 0 saturated heterocycles. The first kappa shape index (κ1) is 13.7. The predicted molar refractivity (Wildman–Crippen MR) is 51.0 cm³/mol. The summed E-state index contributed by atoms with van der Waals surface area (Å²) in [6.45, 7) is 4.33. The van der Waals surface area contributed by atoms with Crippen LogP contribution >= 0.6 is 0 Å². The summed E-state index contributed by atoms with van der Waals surface area (Å²) in [6.07, 6.45) is -4.85. The molecule has 86 valence electrons. The van der Waals surface area contributed by atoms with Gasteiger partial charge >= 0.3 is 6.18 Å². The highest BCUT2D eigenvalue weighted by Crippen LogP contribution is 2.20. The van der Waals surface area contributed by atoms with E-state index in [9.17, 15) is 13.2 Å². The Morgan fingerprint density at radius 2 is 1.79 bits per heavy atom. The summed E-state index contributed by atoms with van der Waals surface area (Å²) in [6, 6.07) is 0.0253. The van der Waals surface area contributed by atoms with Crippen LogP contribution in [0.2, 0.25) is 0 Å². The summed E-state index contributed by atoms with van der Waals surface area (Å²) >= 11 is 0. The molecule has 0 rings (SSSR count). The predicted octanol–water partition coefficient (Wildman–Crippen LogP) is 1.85. The van der Waals surface area contributed by atoms with Gasteiger partial charge in [0, 0.05) is 19.1 Å². The quantitative estimate of drug-likeness (QED) is 0.753. The second-order valence-electron chi connectivity index (χ2n) is 3.89. The van der Waals surface area contributed by atoms with E-state index in [-0.39, 0.29) is 18.5 Å². The highest BCUT2D eigenvalue weighted by atomic mass is 19.4. The maximum absolute atomic E-state index is 11.9. The number of hydrogen-bond acceptors (Lipinski definition) is 2. The van der Waals surface area contributed by atoms with Crippen molar-refractivity contribution in [1.29, 1.82) is 0 Å². The van der Waals surface area contributed by atoms with Crippen molar-refractivity contribution in [3.8, 4) is 0 Å². The van der Waals surface area contributed by atoms with Crippen molar-refractivity contribution in [2.45, 2.75) is 32.5 Å². The third kappa shape index (κ3) is 5.44. The maximum atomic E-state index is 11.9. The van der Waals surface area contributed by atoms with Gasteiger partial charge in [0.05, 0.1) is 6.42 Å². The lowest BCUT2D eigenvalue weighted by Gasteiger charge is -2.30. The van der Waals surface area contributed by atoms with E-state index in [1.807, 2.05) is 13.8 Å². The molecule has 0 saturated carbocycles. The number of nitrogens with two attached hydrogens (primary N) is 1. The summed E-state index contributed by atoms with van der Waals surface area (Å²) in [5.41, 5.74) is 5.49. The minimum Gasteiger partial charge on any atom is -0.329 e.